The fraction of sp³-hybridized carbons (Fsp3) is 0.455. The summed E-state index contributed by atoms with van der Waals surface area (Å²) in [5, 5.41) is 0.426. The highest BCUT2D eigenvalue weighted by molar-refractivity contribution is 6.30. The molecule has 1 nitrogen and oxygen atoms in total. The molecular formula is C11H15ClFN. The van der Waals surface area contributed by atoms with E-state index in [9.17, 15) is 4.39 Å². The lowest BCUT2D eigenvalue weighted by molar-refractivity contribution is 0.561. The van der Waals surface area contributed by atoms with Crippen LogP contribution in [0.5, 0.6) is 0 Å². The molecule has 0 saturated heterocycles. The summed E-state index contributed by atoms with van der Waals surface area (Å²) in [6, 6.07) is 4.76. The third-order valence-electron chi connectivity index (χ3n) is 2.16. The Kier molecular flexibility index (Phi) is 4.36. The van der Waals surface area contributed by atoms with E-state index in [4.69, 9.17) is 17.3 Å². The summed E-state index contributed by atoms with van der Waals surface area (Å²) in [4.78, 5) is 0. The van der Waals surface area contributed by atoms with Crippen LogP contribution in [-0.4, -0.2) is 6.04 Å². The quantitative estimate of drug-likeness (QED) is 0.821. The smallest absolute Gasteiger partial charge is 0.127 e. The van der Waals surface area contributed by atoms with Gasteiger partial charge < -0.3 is 5.73 Å². The standard InChI is InChI=1S/C11H15ClFN/c1-2-3-10(14)6-8-4-5-9(12)7-11(8)13/h4-5,7,10H,2-3,6,14H2,1H3. The van der Waals surface area contributed by atoms with Gasteiger partial charge in [0, 0.05) is 11.1 Å². The molecule has 0 aliphatic heterocycles. The second-order valence-electron chi connectivity index (χ2n) is 3.49. The first-order valence-corrected chi connectivity index (χ1v) is 5.20. The first kappa shape index (κ1) is 11.5. The molecule has 0 spiro atoms. The monoisotopic (exact) mass is 215 g/mol. The second-order valence-corrected chi connectivity index (χ2v) is 3.93. The van der Waals surface area contributed by atoms with Crippen LogP contribution >= 0.6 is 11.6 Å². The summed E-state index contributed by atoms with van der Waals surface area (Å²) in [5.74, 6) is -0.260. The number of nitrogens with two attached hydrogens (primary N) is 1. The van der Waals surface area contributed by atoms with E-state index in [1.807, 2.05) is 0 Å². The van der Waals surface area contributed by atoms with Gasteiger partial charge in [0.05, 0.1) is 0 Å². The minimum absolute atomic E-state index is 0.0377. The van der Waals surface area contributed by atoms with Crippen LogP contribution in [0.25, 0.3) is 0 Å². The second kappa shape index (κ2) is 5.32. The van der Waals surface area contributed by atoms with Gasteiger partial charge in [0.15, 0.2) is 0 Å². The zero-order valence-corrected chi connectivity index (χ0v) is 9.02. The van der Waals surface area contributed by atoms with Crippen molar-refractivity contribution in [3.63, 3.8) is 0 Å². The molecule has 78 valence electrons. The molecule has 1 aromatic carbocycles. The lowest BCUT2D eigenvalue weighted by Crippen LogP contribution is -2.22. The highest BCUT2D eigenvalue weighted by Crippen LogP contribution is 2.16. The Hall–Kier alpha value is -0.600. The predicted octanol–water partition coefficient (Wildman–Crippen LogP) is 3.15. The molecule has 0 bridgehead atoms. The fourth-order valence-corrected chi connectivity index (χ4v) is 1.60. The van der Waals surface area contributed by atoms with Crippen molar-refractivity contribution in [3.8, 4) is 0 Å². The predicted molar refractivity (Wildman–Crippen MR) is 58.0 cm³/mol. The molecule has 14 heavy (non-hydrogen) atoms. The molecule has 1 aromatic rings. The molecule has 3 heteroatoms. The highest BCUT2D eigenvalue weighted by atomic mass is 35.5. The molecule has 1 atom stereocenters. The molecule has 2 N–H and O–H groups in total. The SMILES string of the molecule is CCCC(N)Cc1ccc(Cl)cc1F. The van der Waals surface area contributed by atoms with Gasteiger partial charge in [-0.15, -0.1) is 0 Å². The van der Waals surface area contributed by atoms with E-state index in [2.05, 4.69) is 6.92 Å². The van der Waals surface area contributed by atoms with Crippen LogP contribution in [0.2, 0.25) is 5.02 Å². The van der Waals surface area contributed by atoms with Crippen molar-refractivity contribution in [2.75, 3.05) is 0 Å². The van der Waals surface area contributed by atoms with Gasteiger partial charge >= 0.3 is 0 Å². The van der Waals surface area contributed by atoms with Crippen molar-refractivity contribution < 1.29 is 4.39 Å². The van der Waals surface area contributed by atoms with Crippen LogP contribution in [0.4, 0.5) is 4.39 Å². The minimum Gasteiger partial charge on any atom is -0.327 e. The van der Waals surface area contributed by atoms with Crippen molar-refractivity contribution >= 4 is 11.6 Å². The molecule has 1 rings (SSSR count). The summed E-state index contributed by atoms with van der Waals surface area (Å²) in [6.07, 6.45) is 2.52. The van der Waals surface area contributed by atoms with Gasteiger partial charge in [-0.2, -0.15) is 0 Å². The highest BCUT2D eigenvalue weighted by Gasteiger charge is 2.07. The average molecular weight is 216 g/mol. The molecular weight excluding hydrogens is 201 g/mol. The fourth-order valence-electron chi connectivity index (χ4n) is 1.44. The molecule has 1 unspecified atom stereocenters. The normalized spacial score (nSPS) is 12.9. The van der Waals surface area contributed by atoms with E-state index in [0.29, 0.717) is 17.0 Å². The summed E-state index contributed by atoms with van der Waals surface area (Å²) in [7, 11) is 0. The Balaban J connectivity index is 2.67. The first-order valence-electron chi connectivity index (χ1n) is 4.83. The third-order valence-corrected chi connectivity index (χ3v) is 2.39. The van der Waals surface area contributed by atoms with Crippen LogP contribution in [-0.2, 0) is 6.42 Å². The van der Waals surface area contributed by atoms with Gasteiger partial charge in [0.2, 0.25) is 0 Å². The van der Waals surface area contributed by atoms with E-state index < -0.39 is 0 Å². The Morgan fingerprint density at radius 1 is 1.50 bits per heavy atom. The number of benzene rings is 1. The lowest BCUT2D eigenvalue weighted by atomic mass is 10.0. The van der Waals surface area contributed by atoms with Gasteiger partial charge in [0.25, 0.3) is 0 Å². The maximum atomic E-state index is 13.3. The van der Waals surface area contributed by atoms with E-state index in [1.165, 1.54) is 6.07 Å². The number of rotatable bonds is 4. The Morgan fingerprint density at radius 2 is 2.21 bits per heavy atom. The van der Waals surface area contributed by atoms with Crippen LogP contribution in [0.3, 0.4) is 0 Å². The number of hydrogen-bond donors (Lipinski definition) is 1. The Labute approximate surface area is 89.1 Å². The van der Waals surface area contributed by atoms with Crippen LogP contribution in [0.15, 0.2) is 18.2 Å². The Bertz CT molecular complexity index is 301. The van der Waals surface area contributed by atoms with Crippen molar-refractivity contribution in [2.24, 2.45) is 5.73 Å². The molecule has 0 fully saturated rings. The summed E-state index contributed by atoms with van der Waals surface area (Å²) >= 11 is 5.64. The maximum absolute atomic E-state index is 13.3. The lowest BCUT2D eigenvalue weighted by Gasteiger charge is -2.10. The zero-order chi connectivity index (χ0) is 10.6. The minimum atomic E-state index is -0.260. The molecule has 0 heterocycles. The molecule has 0 aliphatic carbocycles. The molecule has 0 radical (unpaired) electrons. The molecule has 0 saturated carbocycles. The molecule has 0 aromatic heterocycles. The number of halogens is 2. The van der Waals surface area contributed by atoms with Crippen molar-refractivity contribution in [2.45, 2.75) is 32.2 Å². The van der Waals surface area contributed by atoms with Crippen LogP contribution in [0.1, 0.15) is 25.3 Å². The van der Waals surface area contributed by atoms with E-state index in [1.54, 1.807) is 12.1 Å². The third kappa shape index (κ3) is 3.28. The van der Waals surface area contributed by atoms with Gasteiger partial charge in [0.1, 0.15) is 5.82 Å². The molecule has 0 amide bonds. The Morgan fingerprint density at radius 3 is 2.79 bits per heavy atom. The van der Waals surface area contributed by atoms with Crippen LogP contribution in [0, 0.1) is 5.82 Å². The van der Waals surface area contributed by atoms with E-state index in [-0.39, 0.29) is 11.9 Å². The average Bonchev–Trinajstić information content (AvgIpc) is 2.10. The first-order chi connectivity index (χ1) is 6.63. The topological polar surface area (TPSA) is 26.0 Å². The van der Waals surface area contributed by atoms with Gasteiger partial charge in [-0.05, 0) is 30.5 Å². The summed E-state index contributed by atoms with van der Waals surface area (Å²) < 4.78 is 13.3. The van der Waals surface area contributed by atoms with E-state index >= 15 is 0 Å². The van der Waals surface area contributed by atoms with Gasteiger partial charge in [-0.3, -0.25) is 0 Å². The van der Waals surface area contributed by atoms with Crippen molar-refractivity contribution in [1.29, 1.82) is 0 Å². The van der Waals surface area contributed by atoms with Crippen LogP contribution < -0.4 is 5.73 Å². The van der Waals surface area contributed by atoms with Crippen molar-refractivity contribution in [1.82, 2.24) is 0 Å². The number of hydrogen-bond acceptors (Lipinski definition) is 1. The molecule has 0 aliphatic rings. The largest absolute Gasteiger partial charge is 0.327 e. The zero-order valence-electron chi connectivity index (χ0n) is 8.26. The van der Waals surface area contributed by atoms with Crippen molar-refractivity contribution in [3.05, 3.63) is 34.6 Å². The van der Waals surface area contributed by atoms with Gasteiger partial charge in [-0.25, -0.2) is 4.39 Å². The summed E-state index contributed by atoms with van der Waals surface area (Å²) in [6.45, 7) is 2.07. The van der Waals surface area contributed by atoms with Gasteiger partial charge in [-0.1, -0.05) is 31.0 Å². The van der Waals surface area contributed by atoms with E-state index in [0.717, 1.165) is 12.8 Å². The maximum Gasteiger partial charge on any atom is 0.127 e. The summed E-state index contributed by atoms with van der Waals surface area (Å²) in [5.41, 5.74) is 6.47.